The van der Waals surface area contributed by atoms with Gasteiger partial charge in [0.05, 0.1) is 0 Å². The Hall–Kier alpha value is -1.32. The van der Waals surface area contributed by atoms with E-state index in [1.807, 2.05) is 0 Å². The molecule has 2 nitrogen and oxygen atoms in total. The first-order valence-electron chi connectivity index (χ1n) is 6.65. The maximum absolute atomic E-state index is 13.5. The molecule has 0 aliphatic heterocycles. The number of rotatable bonds is 4. The highest BCUT2D eigenvalue weighted by Gasteiger charge is 2.14. The second kappa shape index (κ2) is 6.03. The average Bonchev–Trinajstić information content (AvgIpc) is 2.34. The van der Waals surface area contributed by atoms with Crippen molar-refractivity contribution in [2.45, 2.75) is 38.5 Å². The van der Waals surface area contributed by atoms with Gasteiger partial charge < -0.3 is 11.1 Å². The summed E-state index contributed by atoms with van der Waals surface area (Å²) in [6, 6.07) is 2.29. The van der Waals surface area contributed by atoms with Gasteiger partial charge in [-0.15, -0.1) is 0 Å². The molecule has 1 aliphatic rings. The lowest BCUT2D eigenvalue weighted by Crippen LogP contribution is -2.13. The molecule has 0 heterocycles. The molecule has 0 amide bonds. The molecule has 1 saturated carbocycles. The summed E-state index contributed by atoms with van der Waals surface area (Å²) in [6.07, 6.45) is 7.36. The number of anilines is 2. The van der Waals surface area contributed by atoms with Crippen molar-refractivity contribution in [2.24, 2.45) is 5.92 Å². The molecule has 1 aromatic carbocycles. The highest BCUT2D eigenvalue weighted by molar-refractivity contribution is 5.53. The van der Waals surface area contributed by atoms with Crippen LogP contribution in [-0.4, -0.2) is 6.54 Å². The molecule has 0 bridgehead atoms. The minimum atomic E-state index is -0.615. The molecule has 1 aromatic rings. The van der Waals surface area contributed by atoms with Gasteiger partial charge in [0.1, 0.15) is 5.69 Å². The second-order valence-electron chi connectivity index (χ2n) is 5.08. The number of nitrogens with one attached hydrogen (secondary N) is 1. The Morgan fingerprint density at radius 2 is 1.72 bits per heavy atom. The fraction of sp³-hybridized carbons (Fsp3) is 0.571. The number of benzene rings is 1. The molecule has 100 valence electrons. The summed E-state index contributed by atoms with van der Waals surface area (Å²) >= 11 is 0. The molecule has 0 radical (unpaired) electrons. The van der Waals surface area contributed by atoms with Crippen LogP contribution >= 0.6 is 0 Å². The normalized spacial score (nSPS) is 16.8. The third-order valence-electron chi connectivity index (χ3n) is 3.64. The van der Waals surface area contributed by atoms with Gasteiger partial charge in [0.15, 0.2) is 11.6 Å². The highest BCUT2D eigenvalue weighted by Crippen LogP contribution is 2.27. The average molecular weight is 254 g/mol. The Labute approximate surface area is 107 Å². The van der Waals surface area contributed by atoms with Crippen molar-refractivity contribution in [3.8, 4) is 0 Å². The monoisotopic (exact) mass is 254 g/mol. The van der Waals surface area contributed by atoms with E-state index in [0.29, 0.717) is 12.5 Å². The van der Waals surface area contributed by atoms with E-state index >= 15 is 0 Å². The topological polar surface area (TPSA) is 38.0 Å². The van der Waals surface area contributed by atoms with Gasteiger partial charge in [-0.2, -0.15) is 0 Å². The van der Waals surface area contributed by atoms with Crippen molar-refractivity contribution in [3.05, 3.63) is 23.8 Å². The molecule has 4 heteroatoms. The third-order valence-corrected chi connectivity index (χ3v) is 3.64. The molecular weight excluding hydrogens is 234 g/mol. The highest BCUT2D eigenvalue weighted by atomic mass is 19.1. The summed E-state index contributed by atoms with van der Waals surface area (Å²) < 4.78 is 27.0. The van der Waals surface area contributed by atoms with Gasteiger partial charge in [0.2, 0.25) is 0 Å². The fourth-order valence-corrected chi connectivity index (χ4v) is 2.64. The number of halogens is 2. The van der Waals surface area contributed by atoms with Crippen LogP contribution in [0.3, 0.4) is 0 Å². The maximum atomic E-state index is 13.5. The minimum absolute atomic E-state index is 0.0555. The smallest absolute Gasteiger partial charge is 0.151 e. The molecule has 1 fully saturated rings. The van der Waals surface area contributed by atoms with E-state index in [9.17, 15) is 8.78 Å². The van der Waals surface area contributed by atoms with Crippen molar-refractivity contribution >= 4 is 11.4 Å². The van der Waals surface area contributed by atoms with E-state index in [1.165, 1.54) is 32.1 Å². The number of nitrogens with two attached hydrogens (primary N) is 1. The number of hydrogen-bond donors (Lipinski definition) is 2. The van der Waals surface area contributed by atoms with Crippen LogP contribution in [0.4, 0.5) is 20.2 Å². The van der Waals surface area contributed by atoms with Crippen molar-refractivity contribution in [2.75, 3.05) is 17.6 Å². The third kappa shape index (κ3) is 3.34. The first-order valence-corrected chi connectivity index (χ1v) is 6.65. The Morgan fingerprint density at radius 1 is 1.11 bits per heavy atom. The van der Waals surface area contributed by atoms with E-state index < -0.39 is 11.6 Å². The summed E-state index contributed by atoms with van der Waals surface area (Å²) in [5.41, 5.74) is 5.42. The minimum Gasteiger partial charge on any atom is -0.399 e. The SMILES string of the molecule is Nc1cc(F)c(NCCC2CCCCC2)c(F)c1. The molecular formula is C14H20F2N2. The van der Waals surface area contributed by atoms with Gasteiger partial charge in [-0.1, -0.05) is 32.1 Å². The van der Waals surface area contributed by atoms with Crippen molar-refractivity contribution in [1.82, 2.24) is 0 Å². The van der Waals surface area contributed by atoms with Crippen molar-refractivity contribution in [1.29, 1.82) is 0 Å². The lowest BCUT2D eigenvalue weighted by Gasteiger charge is -2.21. The van der Waals surface area contributed by atoms with E-state index in [2.05, 4.69) is 5.32 Å². The van der Waals surface area contributed by atoms with E-state index in [1.54, 1.807) is 0 Å². The largest absolute Gasteiger partial charge is 0.399 e. The lowest BCUT2D eigenvalue weighted by atomic mass is 9.87. The Morgan fingerprint density at radius 3 is 2.33 bits per heavy atom. The van der Waals surface area contributed by atoms with Crippen LogP contribution in [0.5, 0.6) is 0 Å². The zero-order valence-electron chi connectivity index (χ0n) is 10.5. The molecule has 0 atom stereocenters. The predicted octanol–water partition coefficient (Wildman–Crippen LogP) is 3.93. The van der Waals surface area contributed by atoms with Gasteiger partial charge >= 0.3 is 0 Å². The summed E-state index contributed by atoms with van der Waals surface area (Å²) in [6.45, 7) is 0.614. The standard InChI is InChI=1S/C14H20F2N2/c15-12-8-11(17)9-13(16)14(12)18-7-6-10-4-2-1-3-5-10/h8-10,18H,1-7,17H2. The van der Waals surface area contributed by atoms with Crippen LogP contribution < -0.4 is 11.1 Å². The maximum Gasteiger partial charge on any atom is 0.151 e. The van der Waals surface area contributed by atoms with Crippen LogP contribution in [0, 0.1) is 17.6 Å². The Balaban J connectivity index is 1.86. The van der Waals surface area contributed by atoms with E-state index in [4.69, 9.17) is 5.73 Å². The molecule has 0 unspecified atom stereocenters. The Bertz CT molecular complexity index is 378. The molecule has 0 aromatic heterocycles. The molecule has 3 N–H and O–H groups in total. The zero-order chi connectivity index (χ0) is 13.0. The van der Waals surface area contributed by atoms with Gasteiger partial charge in [-0.3, -0.25) is 0 Å². The molecule has 18 heavy (non-hydrogen) atoms. The van der Waals surface area contributed by atoms with Gasteiger partial charge in [0, 0.05) is 12.2 Å². The molecule has 0 saturated heterocycles. The van der Waals surface area contributed by atoms with Gasteiger partial charge in [0.25, 0.3) is 0 Å². The lowest BCUT2D eigenvalue weighted by molar-refractivity contribution is 0.345. The second-order valence-corrected chi connectivity index (χ2v) is 5.08. The van der Waals surface area contributed by atoms with E-state index in [-0.39, 0.29) is 11.4 Å². The molecule has 1 aliphatic carbocycles. The summed E-state index contributed by atoms with van der Waals surface area (Å²) in [4.78, 5) is 0. The molecule has 0 spiro atoms. The van der Waals surface area contributed by atoms with Crippen LogP contribution in [0.25, 0.3) is 0 Å². The van der Waals surface area contributed by atoms with Crippen LogP contribution in [0.2, 0.25) is 0 Å². The van der Waals surface area contributed by atoms with Gasteiger partial charge in [-0.25, -0.2) is 8.78 Å². The van der Waals surface area contributed by atoms with Crippen LogP contribution in [0.1, 0.15) is 38.5 Å². The van der Waals surface area contributed by atoms with Crippen molar-refractivity contribution < 1.29 is 8.78 Å². The predicted molar refractivity (Wildman–Crippen MR) is 70.5 cm³/mol. The number of nitrogen functional groups attached to an aromatic ring is 1. The quantitative estimate of drug-likeness (QED) is 0.799. The van der Waals surface area contributed by atoms with Crippen LogP contribution in [-0.2, 0) is 0 Å². The molecule has 2 rings (SSSR count). The van der Waals surface area contributed by atoms with Gasteiger partial charge in [-0.05, 0) is 24.5 Å². The zero-order valence-corrected chi connectivity index (χ0v) is 10.5. The first-order chi connectivity index (χ1) is 8.66. The fourth-order valence-electron chi connectivity index (χ4n) is 2.64. The summed E-state index contributed by atoms with van der Waals surface area (Å²) in [5, 5.41) is 2.85. The van der Waals surface area contributed by atoms with Crippen LogP contribution in [0.15, 0.2) is 12.1 Å². The first kappa shape index (κ1) is 13.1. The summed E-state index contributed by atoms with van der Waals surface area (Å²) in [5.74, 6) is -0.529. The Kier molecular flexibility index (Phi) is 4.39. The van der Waals surface area contributed by atoms with Crippen molar-refractivity contribution in [3.63, 3.8) is 0 Å². The summed E-state index contributed by atoms with van der Waals surface area (Å²) in [7, 11) is 0. The van der Waals surface area contributed by atoms with E-state index in [0.717, 1.165) is 18.6 Å². The number of hydrogen-bond acceptors (Lipinski definition) is 2.